The van der Waals surface area contributed by atoms with Gasteiger partial charge in [0.1, 0.15) is 11.6 Å². The zero-order valence-corrected chi connectivity index (χ0v) is 13.2. The first-order valence-electron chi connectivity index (χ1n) is 7.58. The standard InChI is InChI=1S/C17H13F3N2O4/c18-10-3-1-8(7-12(10)20)21-16(23)9-2-4-11(19)14-13(22-17(24)25)5-6-26-15(9)14/h1-4,7,13,22H,5-6H2,(H,21,23)(H,24,25). The summed E-state index contributed by atoms with van der Waals surface area (Å²) in [6.07, 6.45) is -1.14. The Kier molecular flexibility index (Phi) is 4.70. The van der Waals surface area contributed by atoms with Crippen LogP contribution in [0.25, 0.3) is 0 Å². The van der Waals surface area contributed by atoms with Crippen LogP contribution in [-0.2, 0) is 0 Å². The zero-order chi connectivity index (χ0) is 18.8. The fraction of sp³-hybridized carbons (Fsp3) is 0.176. The molecule has 2 aromatic carbocycles. The molecule has 1 aliphatic heterocycles. The highest BCUT2D eigenvalue weighted by atomic mass is 19.2. The number of nitrogens with one attached hydrogen (secondary N) is 2. The Balaban J connectivity index is 1.94. The number of hydrogen-bond donors (Lipinski definition) is 3. The lowest BCUT2D eigenvalue weighted by molar-refractivity contribution is 0.102. The second-order valence-corrected chi connectivity index (χ2v) is 5.56. The van der Waals surface area contributed by atoms with Crippen LogP contribution in [0.15, 0.2) is 30.3 Å². The highest BCUT2D eigenvalue weighted by Gasteiger charge is 2.30. The van der Waals surface area contributed by atoms with E-state index in [1.54, 1.807) is 0 Å². The van der Waals surface area contributed by atoms with Gasteiger partial charge in [0.25, 0.3) is 5.91 Å². The summed E-state index contributed by atoms with van der Waals surface area (Å²) in [7, 11) is 0. The van der Waals surface area contributed by atoms with Crippen molar-refractivity contribution < 1.29 is 32.6 Å². The Morgan fingerprint density at radius 3 is 2.50 bits per heavy atom. The SMILES string of the molecule is O=C(O)NC1CCOc2c(C(=O)Nc3ccc(F)c(F)c3)ccc(F)c21. The van der Waals surface area contributed by atoms with Crippen LogP contribution in [0.4, 0.5) is 23.7 Å². The summed E-state index contributed by atoms with van der Waals surface area (Å²) in [5, 5.41) is 13.4. The van der Waals surface area contributed by atoms with Gasteiger partial charge >= 0.3 is 6.09 Å². The van der Waals surface area contributed by atoms with Crippen LogP contribution >= 0.6 is 0 Å². The van der Waals surface area contributed by atoms with Crippen molar-refractivity contribution in [3.8, 4) is 5.75 Å². The van der Waals surface area contributed by atoms with Crippen LogP contribution in [0.1, 0.15) is 28.4 Å². The molecule has 2 amide bonds. The van der Waals surface area contributed by atoms with Gasteiger partial charge in [-0.3, -0.25) is 4.79 Å². The first-order chi connectivity index (χ1) is 12.4. The highest BCUT2D eigenvalue weighted by molar-refractivity contribution is 6.06. The summed E-state index contributed by atoms with van der Waals surface area (Å²) in [5.74, 6) is -3.74. The topological polar surface area (TPSA) is 87.7 Å². The molecule has 9 heteroatoms. The number of carbonyl (C=O) groups excluding carboxylic acids is 1. The molecule has 0 aromatic heterocycles. The van der Waals surface area contributed by atoms with Crippen LogP contribution in [0, 0.1) is 17.5 Å². The molecule has 0 saturated heterocycles. The summed E-state index contributed by atoms with van der Waals surface area (Å²) < 4.78 is 45.8. The summed E-state index contributed by atoms with van der Waals surface area (Å²) in [5.41, 5.74) is -0.123. The fourth-order valence-corrected chi connectivity index (χ4v) is 2.72. The molecule has 0 saturated carbocycles. The average Bonchev–Trinajstić information content (AvgIpc) is 2.58. The van der Waals surface area contributed by atoms with Gasteiger partial charge in [-0.1, -0.05) is 0 Å². The van der Waals surface area contributed by atoms with Gasteiger partial charge in [0.15, 0.2) is 11.6 Å². The molecule has 26 heavy (non-hydrogen) atoms. The van der Waals surface area contributed by atoms with Crippen LogP contribution < -0.4 is 15.4 Å². The summed E-state index contributed by atoms with van der Waals surface area (Å²) in [6, 6.07) is 4.15. The van der Waals surface area contributed by atoms with Crippen molar-refractivity contribution in [2.45, 2.75) is 12.5 Å². The number of rotatable bonds is 3. The quantitative estimate of drug-likeness (QED) is 0.777. The van der Waals surface area contributed by atoms with E-state index in [1.807, 2.05) is 0 Å². The third-order valence-electron chi connectivity index (χ3n) is 3.86. The molecule has 0 radical (unpaired) electrons. The Morgan fingerprint density at radius 2 is 1.81 bits per heavy atom. The van der Waals surface area contributed by atoms with Crippen molar-refractivity contribution in [2.24, 2.45) is 0 Å². The minimum atomic E-state index is -1.33. The molecule has 3 rings (SSSR count). The molecule has 6 nitrogen and oxygen atoms in total. The number of amides is 2. The van der Waals surface area contributed by atoms with E-state index in [4.69, 9.17) is 9.84 Å². The minimum absolute atomic E-state index is 0.00277. The van der Waals surface area contributed by atoms with E-state index in [-0.39, 0.29) is 35.6 Å². The number of hydrogen-bond acceptors (Lipinski definition) is 3. The lowest BCUT2D eigenvalue weighted by Crippen LogP contribution is -2.32. The molecule has 0 spiro atoms. The molecule has 1 heterocycles. The van der Waals surface area contributed by atoms with Crippen LogP contribution in [0.5, 0.6) is 5.75 Å². The van der Waals surface area contributed by atoms with Gasteiger partial charge in [-0.2, -0.15) is 0 Å². The molecule has 0 bridgehead atoms. The first kappa shape index (κ1) is 17.6. The second kappa shape index (κ2) is 6.95. The maximum absolute atomic E-state index is 14.2. The van der Waals surface area contributed by atoms with Crippen molar-refractivity contribution in [1.82, 2.24) is 5.32 Å². The maximum atomic E-state index is 14.2. The number of halogens is 3. The van der Waals surface area contributed by atoms with Gasteiger partial charge < -0.3 is 20.5 Å². The van der Waals surface area contributed by atoms with Gasteiger partial charge in [-0.15, -0.1) is 0 Å². The summed E-state index contributed by atoms with van der Waals surface area (Å²) >= 11 is 0. The van der Waals surface area contributed by atoms with Gasteiger partial charge in [-0.05, 0) is 24.3 Å². The second-order valence-electron chi connectivity index (χ2n) is 5.56. The van der Waals surface area contributed by atoms with E-state index in [0.29, 0.717) is 0 Å². The third kappa shape index (κ3) is 3.41. The largest absolute Gasteiger partial charge is 0.492 e. The molecule has 1 unspecified atom stereocenters. The molecule has 136 valence electrons. The van der Waals surface area contributed by atoms with Crippen molar-refractivity contribution in [2.75, 3.05) is 11.9 Å². The maximum Gasteiger partial charge on any atom is 0.405 e. The molecule has 2 aromatic rings. The summed E-state index contributed by atoms with van der Waals surface area (Å²) in [6.45, 7) is 0.0762. The molecule has 0 fully saturated rings. The Labute approximate surface area is 145 Å². The normalized spacial score (nSPS) is 15.6. The van der Waals surface area contributed by atoms with E-state index < -0.39 is 35.5 Å². The van der Waals surface area contributed by atoms with Crippen molar-refractivity contribution in [3.05, 3.63) is 58.9 Å². The Hall–Kier alpha value is -3.23. The van der Waals surface area contributed by atoms with Crippen molar-refractivity contribution in [3.63, 3.8) is 0 Å². The van der Waals surface area contributed by atoms with E-state index in [0.717, 1.165) is 18.2 Å². The van der Waals surface area contributed by atoms with Crippen molar-refractivity contribution in [1.29, 1.82) is 0 Å². The molecule has 3 N–H and O–H groups in total. The fourth-order valence-electron chi connectivity index (χ4n) is 2.72. The van der Waals surface area contributed by atoms with E-state index >= 15 is 0 Å². The van der Waals surface area contributed by atoms with E-state index in [1.165, 1.54) is 12.1 Å². The van der Waals surface area contributed by atoms with Crippen LogP contribution in [-0.4, -0.2) is 23.7 Å². The van der Waals surface area contributed by atoms with Gasteiger partial charge in [0.2, 0.25) is 0 Å². The predicted octanol–water partition coefficient (Wildman–Crippen LogP) is 3.45. The van der Waals surface area contributed by atoms with Crippen LogP contribution in [0.3, 0.4) is 0 Å². The predicted molar refractivity (Wildman–Crippen MR) is 84.7 cm³/mol. The number of benzene rings is 2. The van der Waals surface area contributed by atoms with Crippen molar-refractivity contribution >= 4 is 17.7 Å². The monoisotopic (exact) mass is 366 g/mol. The van der Waals surface area contributed by atoms with Gasteiger partial charge in [0, 0.05) is 18.2 Å². The van der Waals surface area contributed by atoms with E-state index in [2.05, 4.69) is 10.6 Å². The first-order valence-corrected chi connectivity index (χ1v) is 7.58. The number of carboxylic acid groups (broad SMARTS) is 1. The van der Waals surface area contributed by atoms with E-state index in [9.17, 15) is 22.8 Å². The minimum Gasteiger partial charge on any atom is -0.492 e. The van der Waals surface area contributed by atoms with Gasteiger partial charge in [0.05, 0.1) is 23.8 Å². The van der Waals surface area contributed by atoms with Gasteiger partial charge in [-0.25, -0.2) is 18.0 Å². The number of carbonyl (C=O) groups is 2. The number of ether oxygens (including phenoxy) is 1. The lowest BCUT2D eigenvalue weighted by atomic mass is 9.96. The Bertz CT molecular complexity index is 889. The zero-order valence-electron chi connectivity index (χ0n) is 13.2. The number of anilines is 1. The molecule has 1 aliphatic rings. The van der Waals surface area contributed by atoms with Crippen LogP contribution in [0.2, 0.25) is 0 Å². The molecule has 0 aliphatic carbocycles. The summed E-state index contributed by atoms with van der Waals surface area (Å²) in [4.78, 5) is 23.3. The smallest absolute Gasteiger partial charge is 0.405 e. The molecular formula is C17H13F3N2O4. The lowest BCUT2D eigenvalue weighted by Gasteiger charge is -2.27. The Morgan fingerprint density at radius 1 is 1.08 bits per heavy atom. The molecule has 1 atom stereocenters. The highest BCUT2D eigenvalue weighted by Crippen LogP contribution is 2.37. The molecular weight excluding hydrogens is 353 g/mol. The third-order valence-corrected chi connectivity index (χ3v) is 3.86. The number of fused-ring (bicyclic) bond motifs is 1. The average molecular weight is 366 g/mol.